The first-order valence-electron chi connectivity index (χ1n) is 7.01. The molecule has 1 atom stereocenters. The fourth-order valence-corrected chi connectivity index (χ4v) is 2.83. The standard InChI is InChI=1S/C14H20N6/c1-19-10-16-8-11(19)9-20-7-3-2-4-13(20)12-5-6-17-14(15)18-12/h5-6,8,10,13H,2-4,7,9H2,1H3,(H2,15,17,18). The number of piperidine rings is 1. The van der Waals surface area contributed by atoms with Crippen LogP contribution >= 0.6 is 0 Å². The van der Waals surface area contributed by atoms with Crippen LogP contribution in [0.3, 0.4) is 0 Å². The van der Waals surface area contributed by atoms with Gasteiger partial charge in [-0.1, -0.05) is 6.42 Å². The van der Waals surface area contributed by atoms with E-state index in [0.29, 0.717) is 12.0 Å². The molecule has 0 spiro atoms. The van der Waals surface area contributed by atoms with E-state index in [4.69, 9.17) is 5.73 Å². The van der Waals surface area contributed by atoms with E-state index in [0.717, 1.165) is 25.2 Å². The van der Waals surface area contributed by atoms with E-state index < -0.39 is 0 Å². The Bertz CT molecular complexity index is 579. The lowest BCUT2D eigenvalue weighted by molar-refractivity contribution is 0.134. The van der Waals surface area contributed by atoms with Crippen LogP contribution in [0, 0.1) is 0 Å². The van der Waals surface area contributed by atoms with E-state index in [1.807, 2.05) is 25.6 Å². The molecule has 106 valence electrons. The van der Waals surface area contributed by atoms with Crippen LogP contribution in [0.15, 0.2) is 24.8 Å². The number of rotatable bonds is 3. The number of anilines is 1. The second kappa shape index (κ2) is 5.58. The summed E-state index contributed by atoms with van der Waals surface area (Å²) in [5.41, 5.74) is 7.96. The molecule has 0 amide bonds. The number of hydrogen-bond acceptors (Lipinski definition) is 5. The highest BCUT2D eigenvalue weighted by Crippen LogP contribution is 2.30. The molecule has 3 rings (SSSR count). The molecule has 0 aromatic carbocycles. The highest BCUT2D eigenvalue weighted by atomic mass is 15.2. The van der Waals surface area contributed by atoms with Gasteiger partial charge in [0, 0.05) is 26.0 Å². The first kappa shape index (κ1) is 13.1. The highest BCUT2D eigenvalue weighted by Gasteiger charge is 2.25. The van der Waals surface area contributed by atoms with Gasteiger partial charge in [-0.15, -0.1) is 0 Å². The minimum absolute atomic E-state index is 0.323. The van der Waals surface area contributed by atoms with Crippen molar-refractivity contribution in [3.8, 4) is 0 Å². The van der Waals surface area contributed by atoms with Gasteiger partial charge in [0.2, 0.25) is 5.95 Å². The van der Waals surface area contributed by atoms with Gasteiger partial charge in [-0.25, -0.2) is 15.0 Å². The lowest BCUT2D eigenvalue weighted by Crippen LogP contribution is -2.34. The molecule has 3 heterocycles. The van der Waals surface area contributed by atoms with Crippen LogP contribution in [0.2, 0.25) is 0 Å². The number of aryl methyl sites for hydroxylation is 1. The van der Waals surface area contributed by atoms with Crippen molar-refractivity contribution in [2.45, 2.75) is 31.8 Å². The maximum absolute atomic E-state index is 5.72. The second-order valence-corrected chi connectivity index (χ2v) is 5.32. The molecule has 1 fully saturated rings. The van der Waals surface area contributed by atoms with Crippen molar-refractivity contribution in [1.82, 2.24) is 24.4 Å². The summed E-state index contributed by atoms with van der Waals surface area (Å²) in [6.07, 6.45) is 9.10. The van der Waals surface area contributed by atoms with Gasteiger partial charge in [0.05, 0.1) is 23.8 Å². The maximum atomic E-state index is 5.72. The molecule has 1 saturated heterocycles. The highest BCUT2D eigenvalue weighted by molar-refractivity contribution is 5.20. The quantitative estimate of drug-likeness (QED) is 0.917. The van der Waals surface area contributed by atoms with Crippen LogP contribution in [0.1, 0.15) is 36.7 Å². The van der Waals surface area contributed by atoms with Crippen molar-refractivity contribution in [3.05, 3.63) is 36.2 Å². The molecule has 0 saturated carbocycles. The van der Waals surface area contributed by atoms with E-state index in [1.165, 1.54) is 18.5 Å². The van der Waals surface area contributed by atoms with Gasteiger partial charge in [0.25, 0.3) is 0 Å². The Morgan fingerprint density at radius 2 is 2.30 bits per heavy atom. The summed E-state index contributed by atoms with van der Waals surface area (Å²) in [5, 5.41) is 0. The number of nitrogens with two attached hydrogens (primary N) is 1. The third-order valence-electron chi connectivity index (χ3n) is 3.93. The number of imidazole rings is 1. The van der Waals surface area contributed by atoms with Crippen molar-refractivity contribution in [1.29, 1.82) is 0 Å². The molecule has 1 aliphatic rings. The zero-order valence-electron chi connectivity index (χ0n) is 11.7. The molecule has 6 heteroatoms. The minimum Gasteiger partial charge on any atom is -0.368 e. The molecule has 1 aliphatic heterocycles. The molecule has 1 unspecified atom stereocenters. The Morgan fingerprint density at radius 3 is 3.05 bits per heavy atom. The summed E-state index contributed by atoms with van der Waals surface area (Å²) in [4.78, 5) is 15.0. The van der Waals surface area contributed by atoms with Crippen molar-refractivity contribution < 1.29 is 0 Å². The normalized spacial score (nSPS) is 20.1. The van der Waals surface area contributed by atoms with Crippen LogP contribution in [0.4, 0.5) is 5.95 Å². The van der Waals surface area contributed by atoms with Crippen LogP contribution < -0.4 is 5.73 Å². The molecule has 6 nitrogen and oxygen atoms in total. The smallest absolute Gasteiger partial charge is 0.220 e. The average Bonchev–Trinajstić information content (AvgIpc) is 2.85. The molecular weight excluding hydrogens is 252 g/mol. The number of nitrogen functional groups attached to an aromatic ring is 1. The van der Waals surface area contributed by atoms with Crippen molar-refractivity contribution in [2.24, 2.45) is 7.05 Å². The summed E-state index contributed by atoms with van der Waals surface area (Å²) in [7, 11) is 2.03. The fraction of sp³-hybridized carbons (Fsp3) is 0.500. The van der Waals surface area contributed by atoms with Crippen LogP contribution in [-0.2, 0) is 13.6 Å². The SMILES string of the molecule is Cn1cncc1CN1CCCCC1c1ccnc(N)n1. The van der Waals surface area contributed by atoms with Gasteiger partial charge in [-0.2, -0.15) is 0 Å². The van der Waals surface area contributed by atoms with E-state index in [1.54, 1.807) is 6.20 Å². The van der Waals surface area contributed by atoms with E-state index in [-0.39, 0.29) is 0 Å². The van der Waals surface area contributed by atoms with Gasteiger partial charge in [-0.3, -0.25) is 4.90 Å². The number of hydrogen-bond donors (Lipinski definition) is 1. The van der Waals surface area contributed by atoms with Gasteiger partial charge in [0.1, 0.15) is 0 Å². The Kier molecular flexibility index (Phi) is 3.64. The predicted molar refractivity (Wildman–Crippen MR) is 76.7 cm³/mol. The molecule has 0 bridgehead atoms. The third-order valence-corrected chi connectivity index (χ3v) is 3.93. The lowest BCUT2D eigenvalue weighted by atomic mass is 9.99. The monoisotopic (exact) mass is 272 g/mol. The predicted octanol–water partition coefficient (Wildman–Crippen LogP) is 1.52. The van der Waals surface area contributed by atoms with Gasteiger partial charge >= 0.3 is 0 Å². The molecule has 2 aromatic heterocycles. The minimum atomic E-state index is 0.323. The van der Waals surface area contributed by atoms with Crippen molar-refractivity contribution in [3.63, 3.8) is 0 Å². The summed E-state index contributed by atoms with van der Waals surface area (Å²) >= 11 is 0. The number of likely N-dealkylation sites (tertiary alicyclic amines) is 1. The third kappa shape index (κ3) is 2.65. The first-order valence-corrected chi connectivity index (χ1v) is 7.01. The van der Waals surface area contributed by atoms with Gasteiger partial charge < -0.3 is 10.3 Å². The Morgan fingerprint density at radius 1 is 1.40 bits per heavy atom. The molecular formula is C14H20N6. The first-order chi connectivity index (χ1) is 9.74. The van der Waals surface area contributed by atoms with Crippen LogP contribution in [0.25, 0.3) is 0 Å². The molecule has 0 aliphatic carbocycles. The zero-order valence-corrected chi connectivity index (χ0v) is 11.7. The van der Waals surface area contributed by atoms with Crippen molar-refractivity contribution >= 4 is 5.95 Å². The Balaban J connectivity index is 1.82. The molecule has 20 heavy (non-hydrogen) atoms. The average molecular weight is 272 g/mol. The summed E-state index contributed by atoms with van der Waals surface area (Å²) in [6, 6.07) is 2.30. The number of nitrogens with zero attached hydrogens (tertiary/aromatic N) is 5. The Hall–Kier alpha value is -1.95. The molecule has 0 radical (unpaired) electrons. The van der Waals surface area contributed by atoms with E-state index in [9.17, 15) is 0 Å². The molecule has 2 aromatic rings. The fourth-order valence-electron chi connectivity index (χ4n) is 2.83. The van der Waals surface area contributed by atoms with Gasteiger partial charge in [0.15, 0.2) is 0 Å². The zero-order chi connectivity index (χ0) is 13.9. The van der Waals surface area contributed by atoms with Gasteiger partial charge in [-0.05, 0) is 25.5 Å². The van der Waals surface area contributed by atoms with E-state index >= 15 is 0 Å². The largest absolute Gasteiger partial charge is 0.368 e. The Labute approximate surface area is 118 Å². The maximum Gasteiger partial charge on any atom is 0.220 e. The lowest BCUT2D eigenvalue weighted by Gasteiger charge is -2.35. The molecule has 2 N–H and O–H groups in total. The topological polar surface area (TPSA) is 72.9 Å². The second-order valence-electron chi connectivity index (χ2n) is 5.32. The van der Waals surface area contributed by atoms with Crippen LogP contribution in [-0.4, -0.2) is 31.0 Å². The van der Waals surface area contributed by atoms with E-state index in [2.05, 4.69) is 24.4 Å². The van der Waals surface area contributed by atoms with Crippen LogP contribution in [0.5, 0.6) is 0 Å². The summed E-state index contributed by atoms with van der Waals surface area (Å²) in [6.45, 7) is 1.98. The number of aromatic nitrogens is 4. The summed E-state index contributed by atoms with van der Waals surface area (Å²) < 4.78 is 2.07. The summed E-state index contributed by atoms with van der Waals surface area (Å²) in [5.74, 6) is 0.355. The van der Waals surface area contributed by atoms with Crippen molar-refractivity contribution in [2.75, 3.05) is 12.3 Å².